The van der Waals surface area contributed by atoms with Crippen molar-refractivity contribution in [2.45, 2.75) is 33.2 Å². The van der Waals surface area contributed by atoms with Crippen molar-refractivity contribution >= 4 is 17.6 Å². The van der Waals surface area contributed by atoms with Crippen LogP contribution in [0.2, 0.25) is 0 Å². The summed E-state index contributed by atoms with van der Waals surface area (Å²) in [5.41, 5.74) is 4.44. The number of hydrogen-bond donors (Lipinski definition) is 3. The topological polar surface area (TPSA) is 74.8 Å². The molecule has 3 N–H and O–H groups in total. The number of carbonyl (C=O) groups excluding carboxylic acids is 1. The van der Waals surface area contributed by atoms with E-state index in [0.29, 0.717) is 26.1 Å². The molecule has 6 heteroatoms. The van der Waals surface area contributed by atoms with Crippen molar-refractivity contribution in [1.29, 1.82) is 0 Å². The van der Waals surface area contributed by atoms with Gasteiger partial charge in [0.05, 0.1) is 13.1 Å². The smallest absolute Gasteiger partial charge is 0.224 e. The van der Waals surface area contributed by atoms with Crippen molar-refractivity contribution < 1.29 is 9.53 Å². The molecule has 1 amide bonds. The third kappa shape index (κ3) is 5.74. The normalized spacial score (nSPS) is 13.5. The van der Waals surface area contributed by atoms with E-state index < -0.39 is 0 Å². The van der Waals surface area contributed by atoms with Crippen molar-refractivity contribution in [3.63, 3.8) is 0 Å². The largest absolute Gasteiger partial charge is 0.492 e. The molecule has 0 atom stereocenters. The molecule has 0 unspecified atom stereocenters. The van der Waals surface area contributed by atoms with Crippen LogP contribution in [0.4, 0.5) is 5.69 Å². The number of nitrogens with one attached hydrogen (secondary N) is 3. The number of aliphatic imine (C=N–C) groups is 1. The summed E-state index contributed by atoms with van der Waals surface area (Å²) < 4.78 is 5.85. The van der Waals surface area contributed by atoms with Gasteiger partial charge in [-0.05, 0) is 49.6 Å². The molecule has 6 nitrogen and oxygen atoms in total. The van der Waals surface area contributed by atoms with Gasteiger partial charge in [-0.25, -0.2) is 4.99 Å². The zero-order chi connectivity index (χ0) is 19.8. The molecule has 2 aromatic rings. The summed E-state index contributed by atoms with van der Waals surface area (Å²) in [4.78, 5) is 16.1. The minimum atomic E-state index is 0.0753. The predicted molar refractivity (Wildman–Crippen MR) is 113 cm³/mol. The minimum absolute atomic E-state index is 0.0753. The van der Waals surface area contributed by atoms with E-state index in [2.05, 4.69) is 52.1 Å². The molecule has 0 radical (unpaired) electrons. The van der Waals surface area contributed by atoms with E-state index in [1.165, 1.54) is 11.1 Å². The Hall–Kier alpha value is -3.02. The Morgan fingerprint density at radius 1 is 1.18 bits per heavy atom. The number of aryl methyl sites for hydroxylation is 2. The molecule has 3 rings (SSSR count). The van der Waals surface area contributed by atoms with E-state index in [1.54, 1.807) is 0 Å². The summed E-state index contributed by atoms with van der Waals surface area (Å²) in [5.74, 6) is 1.67. The van der Waals surface area contributed by atoms with Crippen LogP contribution in [0.3, 0.4) is 0 Å². The number of hydrogen-bond acceptors (Lipinski definition) is 3. The molecule has 1 aliphatic rings. The molecular weight excluding hydrogens is 352 g/mol. The summed E-state index contributed by atoms with van der Waals surface area (Å²) in [5, 5.41) is 9.44. The van der Waals surface area contributed by atoms with Crippen LogP contribution >= 0.6 is 0 Å². The van der Waals surface area contributed by atoms with Gasteiger partial charge >= 0.3 is 0 Å². The highest BCUT2D eigenvalue weighted by molar-refractivity contribution is 5.94. The van der Waals surface area contributed by atoms with Gasteiger partial charge in [0.15, 0.2) is 5.96 Å². The third-order valence-corrected chi connectivity index (χ3v) is 4.48. The highest BCUT2D eigenvalue weighted by Crippen LogP contribution is 2.26. The molecular formula is C22H28N4O2. The van der Waals surface area contributed by atoms with Crippen LogP contribution in [0.15, 0.2) is 47.5 Å². The van der Waals surface area contributed by atoms with Crippen LogP contribution in [-0.4, -0.2) is 31.6 Å². The molecule has 0 fully saturated rings. The summed E-state index contributed by atoms with van der Waals surface area (Å²) >= 11 is 0. The molecule has 148 valence electrons. The quantitative estimate of drug-likeness (QED) is 0.392. The van der Waals surface area contributed by atoms with Gasteiger partial charge < -0.3 is 20.7 Å². The number of amides is 1. The maximum atomic E-state index is 11.4. The standard InChI is InChI=1S/C22H28N4O2/c1-3-23-22(25-15-17-6-4-5-16(2)13-17)24-11-12-28-19-8-9-20-18(14-19)7-10-21(27)26-20/h4-6,8-9,13-14H,3,7,10-12,15H2,1-2H3,(H,26,27)(H2,23,24,25). The second kappa shape index (κ2) is 9.78. The lowest BCUT2D eigenvalue weighted by molar-refractivity contribution is -0.116. The first kappa shape index (κ1) is 19.7. The fourth-order valence-electron chi connectivity index (χ4n) is 3.11. The molecule has 0 spiro atoms. The number of ether oxygens (including phenoxy) is 1. The Kier molecular flexibility index (Phi) is 6.89. The van der Waals surface area contributed by atoms with Crippen LogP contribution < -0.4 is 20.7 Å². The number of fused-ring (bicyclic) bond motifs is 1. The van der Waals surface area contributed by atoms with Gasteiger partial charge in [-0.2, -0.15) is 0 Å². The van der Waals surface area contributed by atoms with E-state index in [9.17, 15) is 4.79 Å². The molecule has 0 bridgehead atoms. The van der Waals surface area contributed by atoms with Crippen LogP contribution in [0.5, 0.6) is 5.75 Å². The molecule has 2 aromatic carbocycles. The fourth-order valence-corrected chi connectivity index (χ4v) is 3.11. The zero-order valence-corrected chi connectivity index (χ0v) is 16.5. The van der Waals surface area contributed by atoms with E-state index in [4.69, 9.17) is 4.74 Å². The number of carbonyl (C=O) groups is 1. The van der Waals surface area contributed by atoms with Crippen molar-refractivity contribution in [2.24, 2.45) is 4.99 Å². The van der Waals surface area contributed by atoms with Crippen molar-refractivity contribution in [3.05, 3.63) is 59.2 Å². The van der Waals surface area contributed by atoms with Gasteiger partial charge in [0.1, 0.15) is 12.4 Å². The second-order valence-electron chi connectivity index (χ2n) is 6.83. The first-order chi connectivity index (χ1) is 13.6. The number of guanidine groups is 1. The molecule has 0 saturated carbocycles. The molecule has 28 heavy (non-hydrogen) atoms. The van der Waals surface area contributed by atoms with Gasteiger partial charge in [-0.15, -0.1) is 0 Å². The van der Waals surface area contributed by atoms with E-state index in [-0.39, 0.29) is 5.91 Å². The van der Waals surface area contributed by atoms with E-state index in [1.807, 2.05) is 25.1 Å². The van der Waals surface area contributed by atoms with Crippen LogP contribution in [0.1, 0.15) is 30.0 Å². The van der Waals surface area contributed by atoms with Gasteiger partial charge in [-0.1, -0.05) is 29.8 Å². The SMILES string of the molecule is CCNC(=NCc1cccc(C)c1)NCCOc1ccc2c(c1)CCC(=O)N2. The average molecular weight is 380 g/mol. The van der Waals surface area contributed by atoms with Crippen LogP contribution in [0.25, 0.3) is 0 Å². The molecule has 1 heterocycles. The first-order valence-corrected chi connectivity index (χ1v) is 9.77. The second-order valence-corrected chi connectivity index (χ2v) is 6.83. The summed E-state index contributed by atoms with van der Waals surface area (Å²) in [6.07, 6.45) is 1.29. The van der Waals surface area contributed by atoms with Gasteiger partial charge in [0, 0.05) is 18.7 Å². The monoisotopic (exact) mass is 380 g/mol. The zero-order valence-electron chi connectivity index (χ0n) is 16.5. The molecule has 0 aliphatic carbocycles. The predicted octanol–water partition coefficient (Wildman–Crippen LogP) is 3.01. The van der Waals surface area contributed by atoms with E-state index >= 15 is 0 Å². The van der Waals surface area contributed by atoms with Crippen molar-refractivity contribution in [2.75, 3.05) is 25.0 Å². The number of anilines is 1. The Bertz CT molecular complexity index is 848. The maximum absolute atomic E-state index is 11.4. The van der Waals surface area contributed by atoms with Gasteiger partial charge in [-0.3, -0.25) is 4.79 Å². The van der Waals surface area contributed by atoms with Crippen LogP contribution in [0, 0.1) is 6.92 Å². The highest BCUT2D eigenvalue weighted by Gasteiger charge is 2.14. The Morgan fingerprint density at radius 3 is 2.89 bits per heavy atom. The minimum Gasteiger partial charge on any atom is -0.492 e. The third-order valence-electron chi connectivity index (χ3n) is 4.48. The first-order valence-electron chi connectivity index (χ1n) is 9.77. The average Bonchev–Trinajstić information content (AvgIpc) is 2.69. The lowest BCUT2D eigenvalue weighted by Crippen LogP contribution is -2.39. The fraction of sp³-hybridized carbons (Fsp3) is 0.364. The van der Waals surface area contributed by atoms with E-state index in [0.717, 1.165) is 35.9 Å². The lowest BCUT2D eigenvalue weighted by atomic mass is 10.0. The summed E-state index contributed by atoms with van der Waals surface area (Å²) in [6, 6.07) is 14.2. The molecule has 0 saturated heterocycles. The Morgan fingerprint density at radius 2 is 2.07 bits per heavy atom. The Labute approximate surface area is 166 Å². The summed E-state index contributed by atoms with van der Waals surface area (Å²) in [7, 11) is 0. The number of nitrogens with zero attached hydrogens (tertiary/aromatic N) is 1. The molecule has 1 aliphatic heterocycles. The van der Waals surface area contributed by atoms with Crippen molar-refractivity contribution in [1.82, 2.24) is 10.6 Å². The highest BCUT2D eigenvalue weighted by atomic mass is 16.5. The van der Waals surface area contributed by atoms with Gasteiger partial charge in [0.2, 0.25) is 5.91 Å². The number of benzene rings is 2. The van der Waals surface area contributed by atoms with Crippen LogP contribution in [-0.2, 0) is 17.8 Å². The van der Waals surface area contributed by atoms with Gasteiger partial charge in [0.25, 0.3) is 0 Å². The summed E-state index contributed by atoms with van der Waals surface area (Å²) in [6.45, 7) is 6.74. The van der Waals surface area contributed by atoms with Crippen molar-refractivity contribution in [3.8, 4) is 5.75 Å². The lowest BCUT2D eigenvalue weighted by Gasteiger charge is -2.18. The number of rotatable bonds is 7. The molecule has 0 aromatic heterocycles. The Balaban J connectivity index is 1.48. The maximum Gasteiger partial charge on any atom is 0.224 e.